The number of benzene rings is 1. The summed E-state index contributed by atoms with van der Waals surface area (Å²) >= 11 is 1.52. The van der Waals surface area contributed by atoms with Crippen LogP contribution in [0.1, 0.15) is 24.5 Å². The SMILES string of the molecule is CCn1c(SCc2cccc(C#CCCO)c2)n[nH]c1=O. The summed E-state index contributed by atoms with van der Waals surface area (Å²) in [5, 5.41) is 15.9. The Morgan fingerprint density at radius 2 is 2.33 bits per heavy atom. The molecular formula is C15H17N3O2S. The lowest BCUT2D eigenvalue weighted by Gasteiger charge is -2.03. The van der Waals surface area contributed by atoms with Crippen LogP contribution in [-0.4, -0.2) is 26.5 Å². The molecule has 0 spiro atoms. The zero-order valence-corrected chi connectivity index (χ0v) is 12.6. The number of aliphatic hydroxyl groups is 1. The second-order valence-corrected chi connectivity index (χ2v) is 5.26. The van der Waals surface area contributed by atoms with Crippen LogP contribution in [-0.2, 0) is 12.3 Å². The molecule has 21 heavy (non-hydrogen) atoms. The quantitative estimate of drug-likeness (QED) is 0.650. The molecule has 0 radical (unpaired) electrons. The molecule has 0 unspecified atom stereocenters. The fourth-order valence-corrected chi connectivity index (χ4v) is 2.75. The number of aromatic amines is 1. The molecule has 6 heteroatoms. The van der Waals surface area contributed by atoms with E-state index in [4.69, 9.17) is 5.11 Å². The Labute approximate surface area is 127 Å². The Balaban J connectivity index is 2.05. The minimum atomic E-state index is -0.177. The lowest BCUT2D eigenvalue weighted by molar-refractivity contribution is 0.305. The topological polar surface area (TPSA) is 70.9 Å². The van der Waals surface area contributed by atoms with Crippen LogP contribution < -0.4 is 5.69 Å². The highest BCUT2D eigenvalue weighted by Crippen LogP contribution is 2.20. The summed E-state index contributed by atoms with van der Waals surface area (Å²) in [5.74, 6) is 6.64. The molecule has 0 fully saturated rings. The van der Waals surface area contributed by atoms with E-state index in [1.165, 1.54) is 11.8 Å². The van der Waals surface area contributed by atoms with Gasteiger partial charge in [0.1, 0.15) is 0 Å². The van der Waals surface area contributed by atoms with Gasteiger partial charge in [0, 0.05) is 24.3 Å². The second-order valence-electron chi connectivity index (χ2n) is 4.32. The third-order valence-corrected chi connectivity index (χ3v) is 3.85. The number of H-pyrrole nitrogens is 1. The minimum Gasteiger partial charge on any atom is -0.395 e. The van der Waals surface area contributed by atoms with Crippen molar-refractivity contribution in [1.82, 2.24) is 14.8 Å². The van der Waals surface area contributed by atoms with Crippen molar-refractivity contribution in [2.24, 2.45) is 0 Å². The fraction of sp³-hybridized carbons (Fsp3) is 0.333. The number of rotatable bonds is 5. The summed E-state index contributed by atoms with van der Waals surface area (Å²) in [6, 6.07) is 7.93. The van der Waals surface area contributed by atoms with Crippen LogP contribution in [0.25, 0.3) is 0 Å². The summed E-state index contributed by atoms with van der Waals surface area (Å²) in [6.45, 7) is 2.60. The molecule has 0 bridgehead atoms. The van der Waals surface area contributed by atoms with Gasteiger partial charge in [-0.15, -0.1) is 5.10 Å². The van der Waals surface area contributed by atoms with E-state index in [0.29, 0.717) is 18.1 Å². The first-order valence-electron chi connectivity index (χ1n) is 6.71. The molecule has 0 saturated heterocycles. The Morgan fingerprint density at radius 3 is 3.10 bits per heavy atom. The molecule has 0 aliphatic carbocycles. The zero-order chi connectivity index (χ0) is 15.1. The standard InChI is InChI=1S/C15H17N3O2S/c1-2-18-14(20)16-17-15(18)21-11-13-8-5-7-12(10-13)6-3-4-9-19/h5,7-8,10,19H,2,4,9,11H2,1H3,(H,16,20). The smallest absolute Gasteiger partial charge is 0.343 e. The molecule has 0 aliphatic heterocycles. The third-order valence-electron chi connectivity index (χ3n) is 2.80. The summed E-state index contributed by atoms with van der Waals surface area (Å²) in [5.41, 5.74) is 1.87. The lowest BCUT2D eigenvalue weighted by Crippen LogP contribution is -2.16. The number of aliphatic hydroxyl groups excluding tert-OH is 1. The fourth-order valence-electron chi connectivity index (χ4n) is 1.80. The van der Waals surface area contributed by atoms with Gasteiger partial charge in [0.2, 0.25) is 0 Å². The van der Waals surface area contributed by atoms with Gasteiger partial charge in [-0.25, -0.2) is 9.89 Å². The molecule has 0 saturated carbocycles. The first-order valence-corrected chi connectivity index (χ1v) is 7.69. The first-order chi connectivity index (χ1) is 10.2. The molecule has 2 rings (SSSR count). The van der Waals surface area contributed by atoms with Crippen LogP contribution in [0.4, 0.5) is 0 Å². The largest absolute Gasteiger partial charge is 0.395 e. The molecule has 110 valence electrons. The van der Waals surface area contributed by atoms with Crippen LogP contribution in [0.15, 0.2) is 34.2 Å². The van der Waals surface area contributed by atoms with Crippen molar-refractivity contribution in [3.8, 4) is 11.8 Å². The number of nitrogens with zero attached hydrogens (tertiary/aromatic N) is 2. The van der Waals surface area contributed by atoms with Crippen molar-refractivity contribution in [1.29, 1.82) is 0 Å². The predicted octanol–water partition coefficient (Wildman–Crippen LogP) is 1.62. The summed E-state index contributed by atoms with van der Waals surface area (Å²) in [4.78, 5) is 11.5. The lowest BCUT2D eigenvalue weighted by atomic mass is 10.1. The highest BCUT2D eigenvalue weighted by molar-refractivity contribution is 7.98. The van der Waals surface area contributed by atoms with E-state index in [0.717, 1.165) is 16.9 Å². The molecule has 2 N–H and O–H groups in total. The zero-order valence-electron chi connectivity index (χ0n) is 11.8. The van der Waals surface area contributed by atoms with Gasteiger partial charge in [-0.3, -0.25) is 4.57 Å². The molecule has 1 heterocycles. The number of aromatic nitrogens is 3. The van der Waals surface area contributed by atoms with Crippen LogP contribution in [0.3, 0.4) is 0 Å². The van der Waals surface area contributed by atoms with Gasteiger partial charge in [0.05, 0.1) is 6.61 Å². The van der Waals surface area contributed by atoms with Crippen molar-refractivity contribution in [2.75, 3.05) is 6.61 Å². The van der Waals surface area contributed by atoms with Crippen molar-refractivity contribution >= 4 is 11.8 Å². The van der Waals surface area contributed by atoms with Crippen LogP contribution in [0.5, 0.6) is 0 Å². The van der Waals surface area contributed by atoms with Crippen LogP contribution >= 0.6 is 11.8 Å². The molecule has 0 amide bonds. The third kappa shape index (κ3) is 4.25. The molecule has 0 aliphatic rings. The van der Waals surface area contributed by atoms with Gasteiger partial charge in [-0.05, 0) is 24.6 Å². The molecule has 2 aromatic rings. The van der Waals surface area contributed by atoms with E-state index < -0.39 is 0 Å². The van der Waals surface area contributed by atoms with E-state index in [1.54, 1.807) is 4.57 Å². The maximum atomic E-state index is 11.5. The second kappa shape index (κ2) is 7.72. The Bertz CT molecular complexity index is 709. The highest BCUT2D eigenvalue weighted by atomic mass is 32.2. The molecule has 5 nitrogen and oxygen atoms in total. The average molecular weight is 303 g/mol. The number of hydrogen-bond donors (Lipinski definition) is 2. The van der Waals surface area contributed by atoms with Gasteiger partial charge in [-0.1, -0.05) is 35.7 Å². The molecule has 1 aromatic carbocycles. The van der Waals surface area contributed by atoms with E-state index in [2.05, 4.69) is 22.0 Å². The van der Waals surface area contributed by atoms with Crippen LogP contribution in [0, 0.1) is 11.8 Å². The summed E-state index contributed by atoms with van der Waals surface area (Å²) < 4.78 is 1.61. The normalized spacial score (nSPS) is 10.2. The summed E-state index contributed by atoms with van der Waals surface area (Å²) in [7, 11) is 0. The average Bonchev–Trinajstić information content (AvgIpc) is 2.86. The maximum absolute atomic E-state index is 11.5. The molecule has 0 atom stereocenters. The number of thioether (sulfide) groups is 1. The van der Waals surface area contributed by atoms with E-state index in [9.17, 15) is 4.79 Å². The van der Waals surface area contributed by atoms with Crippen molar-refractivity contribution < 1.29 is 5.11 Å². The van der Waals surface area contributed by atoms with Gasteiger partial charge in [-0.2, -0.15) is 0 Å². The maximum Gasteiger partial charge on any atom is 0.343 e. The van der Waals surface area contributed by atoms with Crippen molar-refractivity contribution in [3.05, 3.63) is 45.9 Å². The van der Waals surface area contributed by atoms with Gasteiger partial charge < -0.3 is 5.11 Å². The Morgan fingerprint density at radius 1 is 1.48 bits per heavy atom. The first kappa shape index (κ1) is 15.4. The van der Waals surface area contributed by atoms with Crippen molar-refractivity contribution in [2.45, 2.75) is 30.8 Å². The molecule has 1 aromatic heterocycles. The minimum absolute atomic E-state index is 0.0796. The Kier molecular flexibility index (Phi) is 5.67. The van der Waals surface area contributed by atoms with E-state index in [-0.39, 0.29) is 12.3 Å². The Hall–Kier alpha value is -1.97. The number of nitrogens with one attached hydrogen (secondary N) is 1. The monoisotopic (exact) mass is 303 g/mol. The van der Waals surface area contributed by atoms with E-state index in [1.807, 2.05) is 31.2 Å². The predicted molar refractivity (Wildman–Crippen MR) is 83.1 cm³/mol. The summed E-state index contributed by atoms with van der Waals surface area (Å²) in [6.07, 6.45) is 0.481. The van der Waals surface area contributed by atoms with Gasteiger partial charge >= 0.3 is 5.69 Å². The number of hydrogen-bond acceptors (Lipinski definition) is 4. The van der Waals surface area contributed by atoms with Crippen molar-refractivity contribution in [3.63, 3.8) is 0 Å². The van der Waals surface area contributed by atoms with Crippen LogP contribution in [0.2, 0.25) is 0 Å². The van der Waals surface area contributed by atoms with E-state index >= 15 is 0 Å². The molecular weight excluding hydrogens is 286 g/mol. The van der Waals surface area contributed by atoms with Gasteiger partial charge in [0.15, 0.2) is 5.16 Å². The van der Waals surface area contributed by atoms with Gasteiger partial charge in [0.25, 0.3) is 0 Å². The highest BCUT2D eigenvalue weighted by Gasteiger charge is 2.07.